The third-order valence-electron chi connectivity index (χ3n) is 5.35. The molecule has 0 fully saturated rings. The second kappa shape index (κ2) is 4.87. The Morgan fingerprint density at radius 1 is 1.00 bits per heavy atom. The monoisotopic (exact) mass is 373 g/mol. The SMILES string of the molecule is CC(C)(C)OC(=O)N1[C@@H]2C=C[C@H]1c1cc3c(cc12)[Si](C)(C)O[Si]3(C)C. The van der Waals surface area contributed by atoms with E-state index in [0.29, 0.717) is 0 Å². The van der Waals surface area contributed by atoms with Gasteiger partial charge in [-0.3, -0.25) is 4.90 Å². The summed E-state index contributed by atoms with van der Waals surface area (Å²) >= 11 is 0. The second-order valence-corrected chi connectivity index (χ2v) is 17.2. The van der Waals surface area contributed by atoms with E-state index in [1.54, 1.807) is 0 Å². The molecule has 0 N–H and O–H groups in total. The summed E-state index contributed by atoms with van der Waals surface area (Å²) in [5.74, 6) is 0. The van der Waals surface area contributed by atoms with Crippen LogP contribution in [0.3, 0.4) is 0 Å². The zero-order valence-electron chi connectivity index (χ0n) is 16.1. The zero-order chi connectivity index (χ0) is 18.4. The van der Waals surface area contributed by atoms with Gasteiger partial charge in [-0.1, -0.05) is 24.3 Å². The molecule has 0 spiro atoms. The van der Waals surface area contributed by atoms with Crippen molar-refractivity contribution in [1.29, 1.82) is 0 Å². The average Bonchev–Trinajstić information content (AvgIpc) is 3.04. The molecule has 0 saturated carbocycles. The van der Waals surface area contributed by atoms with Crippen LogP contribution in [0.25, 0.3) is 0 Å². The molecule has 1 amide bonds. The van der Waals surface area contributed by atoms with Gasteiger partial charge in [-0.25, -0.2) is 4.79 Å². The van der Waals surface area contributed by atoms with Crippen LogP contribution in [0.2, 0.25) is 26.2 Å². The van der Waals surface area contributed by atoms with Crippen LogP contribution in [0.1, 0.15) is 44.0 Å². The Kier molecular flexibility index (Phi) is 3.32. The Labute approximate surface area is 152 Å². The first-order chi connectivity index (χ1) is 11.4. The maximum absolute atomic E-state index is 12.8. The van der Waals surface area contributed by atoms with Gasteiger partial charge in [0.05, 0.1) is 12.1 Å². The van der Waals surface area contributed by atoms with Crippen molar-refractivity contribution in [3.63, 3.8) is 0 Å². The van der Waals surface area contributed by atoms with Crippen molar-refractivity contribution in [2.24, 2.45) is 0 Å². The first-order valence-electron chi connectivity index (χ1n) is 8.99. The largest absolute Gasteiger partial charge is 0.449 e. The molecule has 0 aliphatic carbocycles. The van der Waals surface area contributed by atoms with Crippen molar-refractivity contribution in [2.75, 3.05) is 0 Å². The normalized spacial score (nSPS) is 27.4. The van der Waals surface area contributed by atoms with E-state index in [4.69, 9.17) is 8.85 Å². The number of nitrogens with zero attached hydrogens (tertiary/aromatic N) is 1. The van der Waals surface area contributed by atoms with Gasteiger partial charge in [0.1, 0.15) is 5.60 Å². The number of ether oxygens (including phenoxy) is 1. The van der Waals surface area contributed by atoms with Gasteiger partial charge in [-0.15, -0.1) is 0 Å². The summed E-state index contributed by atoms with van der Waals surface area (Å²) in [6.45, 7) is 14.9. The van der Waals surface area contributed by atoms with Crippen molar-refractivity contribution >= 4 is 33.1 Å². The molecule has 2 bridgehead atoms. The van der Waals surface area contributed by atoms with Crippen LogP contribution in [-0.4, -0.2) is 33.2 Å². The molecular formula is C19H27NO3Si2. The lowest BCUT2D eigenvalue weighted by atomic mass is 9.97. The summed E-state index contributed by atoms with van der Waals surface area (Å²) in [4.78, 5) is 14.6. The summed E-state index contributed by atoms with van der Waals surface area (Å²) in [5.41, 5.74) is 2.03. The maximum Gasteiger partial charge on any atom is 0.411 e. The highest BCUT2D eigenvalue weighted by Gasteiger charge is 2.51. The summed E-state index contributed by atoms with van der Waals surface area (Å²) < 4.78 is 12.2. The topological polar surface area (TPSA) is 38.8 Å². The van der Waals surface area contributed by atoms with Gasteiger partial charge in [0.2, 0.25) is 16.6 Å². The van der Waals surface area contributed by atoms with Crippen LogP contribution in [0, 0.1) is 0 Å². The van der Waals surface area contributed by atoms with Crippen molar-refractivity contribution < 1.29 is 13.6 Å². The Morgan fingerprint density at radius 2 is 1.44 bits per heavy atom. The molecule has 1 aromatic rings. The molecule has 4 rings (SSSR count). The van der Waals surface area contributed by atoms with Crippen LogP contribution >= 0.6 is 0 Å². The van der Waals surface area contributed by atoms with Gasteiger partial charge < -0.3 is 8.85 Å². The minimum atomic E-state index is -1.85. The Bertz CT molecular complexity index is 757. The van der Waals surface area contributed by atoms with E-state index in [-0.39, 0.29) is 18.2 Å². The van der Waals surface area contributed by atoms with Crippen LogP contribution in [0.5, 0.6) is 0 Å². The summed E-state index contributed by atoms with van der Waals surface area (Å²) in [7, 11) is -3.70. The van der Waals surface area contributed by atoms with Gasteiger partial charge in [-0.2, -0.15) is 0 Å². The maximum atomic E-state index is 12.8. The lowest BCUT2D eigenvalue weighted by molar-refractivity contribution is 0.0196. The number of benzene rings is 1. The molecule has 134 valence electrons. The highest BCUT2D eigenvalue weighted by Crippen LogP contribution is 2.49. The number of carbonyl (C=O) groups excluding carboxylic acids is 1. The van der Waals surface area contributed by atoms with E-state index in [9.17, 15) is 4.79 Å². The highest BCUT2D eigenvalue weighted by molar-refractivity contribution is 7.05. The molecular weight excluding hydrogens is 346 g/mol. The zero-order valence-corrected chi connectivity index (χ0v) is 18.1. The van der Waals surface area contributed by atoms with Gasteiger partial charge in [0.25, 0.3) is 0 Å². The van der Waals surface area contributed by atoms with Crippen molar-refractivity contribution in [1.82, 2.24) is 4.90 Å². The molecule has 4 nitrogen and oxygen atoms in total. The van der Waals surface area contributed by atoms with Crippen LogP contribution in [-0.2, 0) is 8.85 Å². The Balaban J connectivity index is 1.77. The van der Waals surface area contributed by atoms with Gasteiger partial charge >= 0.3 is 6.09 Å². The molecule has 3 heterocycles. The summed E-state index contributed by atoms with van der Waals surface area (Å²) in [6, 6.07) is 4.67. The van der Waals surface area contributed by atoms with E-state index in [1.807, 2.05) is 25.7 Å². The predicted molar refractivity (Wildman–Crippen MR) is 104 cm³/mol. The number of fused-ring (bicyclic) bond motifs is 6. The summed E-state index contributed by atoms with van der Waals surface area (Å²) in [5, 5.41) is 2.85. The van der Waals surface area contributed by atoms with Crippen molar-refractivity contribution in [3.05, 3.63) is 35.4 Å². The molecule has 0 aromatic heterocycles. The third-order valence-corrected chi connectivity index (χ3v) is 13.1. The molecule has 3 aliphatic heterocycles. The predicted octanol–water partition coefficient (Wildman–Crippen LogP) is 3.44. The molecule has 3 aliphatic rings. The molecule has 25 heavy (non-hydrogen) atoms. The van der Waals surface area contributed by atoms with Gasteiger partial charge in [0, 0.05) is 0 Å². The number of hydrogen-bond donors (Lipinski definition) is 0. The fraction of sp³-hybridized carbons (Fsp3) is 0.526. The number of hydrogen-bond acceptors (Lipinski definition) is 3. The van der Waals surface area contributed by atoms with Crippen LogP contribution in [0.15, 0.2) is 24.3 Å². The quantitative estimate of drug-likeness (QED) is 0.516. The lowest BCUT2D eigenvalue weighted by Crippen LogP contribution is -2.44. The first kappa shape index (κ1) is 17.1. The Hall–Kier alpha value is -1.38. The number of carbonyl (C=O) groups is 1. The smallest absolute Gasteiger partial charge is 0.411 e. The fourth-order valence-electron chi connectivity index (χ4n) is 4.51. The highest BCUT2D eigenvalue weighted by atomic mass is 28.4. The fourth-order valence-corrected chi connectivity index (χ4v) is 14.7. The van der Waals surface area contributed by atoms with E-state index in [2.05, 4.69) is 50.5 Å². The molecule has 1 aromatic carbocycles. The van der Waals surface area contributed by atoms with Crippen LogP contribution < -0.4 is 10.4 Å². The summed E-state index contributed by atoms with van der Waals surface area (Å²) in [6.07, 6.45) is 4.04. The molecule has 2 atom stereocenters. The molecule has 0 unspecified atom stereocenters. The lowest BCUT2D eigenvalue weighted by Gasteiger charge is -2.27. The Morgan fingerprint density at radius 3 is 1.84 bits per heavy atom. The molecule has 0 saturated heterocycles. The van der Waals surface area contributed by atoms with Crippen molar-refractivity contribution in [2.45, 2.75) is 64.6 Å². The van der Waals surface area contributed by atoms with Crippen LogP contribution in [0.4, 0.5) is 4.79 Å². The minimum Gasteiger partial charge on any atom is -0.449 e. The number of amides is 1. The van der Waals surface area contributed by atoms with E-state index in [0.717, 1.165) is 0 Å². The molecule has 6 heteroatoms. The standard InChI is InChI=1S/C19H27NO3Si2/c1-19(2,3)22-18(21)20-14-8-9-15(20)13-11-17-16(10-12(13)14)24(4,5)23-25(17,6)7/h8-11,14-15H,1-7H3/t14-,15+. The second-order valence-electron chi connectivity index (χ2n) is 9.31. The molecule has 0 radical (unpaired) electrons. The minimum absolute atomic E-state index is 0.00433. The van der Waals surface area contributed by atoms with E-state index < -0.39 is 22.2 Å². The van der Waals surface area contributed by atoms with E-state index in [1.165, 1.54) is 21.5 Å². The van der Waals surface area contributed by atoms with Gasteiger partial charge in [-0.05, 0) is 68.5 Å². The van der Waals surface area contributed by atoms with E-state index >= 15 is 0 Å². The van der Waals surface area contributed by atoms with Gasteiger partial charge in [0.15, 0.2) is 0 Å². The van der Waals surface area contributed by atoms with Crippen molar-refractivity contribution in [3.8, 4) is 0 Å². The average molecular weight is 374 g/mol. The number of rotatable bonds is 0. The first-order valence-corrected chi connectivity index (χ1v) is 14.8. The third kappa shape index (κ3) is 2.45.